The van der Waals surface area contributed by atoms with Crippen LogP contribution in [-0.4, -0.2) is 35.7 Å². The van der Waals surface area contributed by atoms with E-state index in [1.54, 1.807) is 22.8 Å². The lowest BCUT2D eigenvalue weighted by molar-refractivity contribution is 0.603. The average Bonchev–Trinajstić information content (AvgIpc) is 2.55. The number of para-hydroxylation sites is 1. The molecule has 3 aromatic rings. The maximum absolute atomic E-state index is 13.0. The van der Waals surface area contributed by atoms with Crippen LogP contribution in [0.1, 0.15) is 5.56 Å². The van der Waals surface area contributed by atoms with Gasteiger partial charge >= 0.3 is 0 Å². The van der Waals surface area contributed by atoms with Gasteiger partial charge in [-0.1, -0.05) is 41.6 Å². The van der Waals surface area contributed by atoms with Gasteiger partial charge in [-0.15, -0.1) is 0 Å². The zero-order chi connectivity index (χ0) is 18.0. The Morgan fingerprint density at radius 2 is 1.76 bits per heavy atom. The summed E-state index contributed by atoms with van der Waals surface area (Å²) in [5.74, 6) is 0.379. The van der Waals surface area contributed by atoms with Gasteiger partial charge < -0.3 is 0 Å². The van der Waals surface area contributed by atoms with Crippen molar-refractivity contribution in [2.45, 2.75) is 12.1 Å². The van der Waals surface area contributed by atoms with Gasteiger partial charge in [0.25, 0.3) is 5.56 Å². The zero-order valence-corrected chi connectivity index (χ0v) is 15.6. The monoisotopic (exact) mass is 374 g/mol. The van der Waals surface area contributed by atoms with Gasteiger partial charge in [-0.2, -0.15) is 0 Å². The van der Waals surface area contributed by atoms with Crippen molar-refractivity contribution in [1.29, 1.82) is 0 Å². The van der Waals surface area contributed by atoms with Gasteiger partial charge in [0.05, 0.1) is 22.3 Å². The van der Waals surface area contributed by atoms with Crippen molar-refractivity contribution >= 4 is 32.5 Å². The molecule has 0 saturated carbocycles. The van der Waals surface area contributed by atoms with E-state index in [1.165, 1.54) is 18.0 Å². The van der Waals surface area contributed by atoms with E-state index >= 15 is 0 Å². The molecule has 0 aliphatic carbocycles. The molecule has 0 aliphatic heterocycles. The van der Waals surface area contributed by atoms with Crippen LogP contribution in [-0.2, 0) is 9.84 Å². The Morgan fingerprint density at radius 3 is 2.44 bits per heavy atom. The number of rotatable bonds is 5. The Labute approximate surface area is 150 Å². The fourth-order valence-corrected chi connectivity index (χ4v) is 4.62. The lowest BCUT2D eigenvalue weighted by atomic mass is 10.2. The Balaban J connectivity index is 2.14. The molecular weight excluding hydrogens is 356 g/mol. The average molecular weight is 374 g/mol. The van der Waals surface area contributed by atoms with Crippen LogP contribution in [0.3, 0.4) is 0 Å². The van der Waals surface area contributed by atoms with Gasteiger partial charge in [0, 0.05) is 12.0 Å². The highest BCUT2D eigenvalue weighted by molar-refractivity contribution is 8.00. The molecule has 7 heteroatoms. The fourth-order valence-electron chi connectivity index (χ4n) is 2.42. The van der Waals surface area contributed by atoms with E-state index in [0.717, 1.165) is 11.3 Å². The van der Waals surface area contributed by atoms with Crippen molar-refractivity contribution in [3.05, 3.63) is 64.4 Å². The van der Waals surface area contributed by atoms with E-state index in [2.05, 4.69) is 4.98 Å². The second-order valence-electron chi connectivity index (χ2n) is 5.87. The molecule has 25 heavy (non-hydrogen) atoms. The summed E-state index contributed by atoms with van der Waals surface area (Å²) in [5.41, 5.74) is 2.27. The molecular formula is C18H18N2O3S2. The van der Waals surface area contributed by atoms with E-state index < -0.39 is 9.84 Å². The Hall–Kier alpha value is -2.12. The molecule has 0 fully saturated rings. The molecule has 0 unspecified atom stereocenters. The van der Waals surface area contributed by atoms with Crippen LogP contribution in [0.2, 0.25) is 0 Å². The van der Waals surface area contributed by atoms with Gasteiger partial charge in [0.1, 0.15) is 9.84 Å². The molecule has 130 valence electrons. The first kappa shape index (κ1) is 17.7. The summed E-state index contributed by atoms with van der Waals surface area (Å²) in [4.78, 5) is 17.6. The highest BCUT2D eigenvalue weighted by Crippen LogP contribution is 2.21. The van der Waals surface area contributed by atoms with E-state index in [4.69, 9.17) is 0 Å². The van der Waals surface area contributed by atoms with Crippen LogP contribution < -0.4 is 5.56 Å². The number of hydrogen-bond donors (Lipinski definition) is 0. The zero-order valence-electron chi connectivity index (χ0n) is 14.0. The third-order valence-corrected chi connectivity index (χ3v) is 5.87. The molecule has 5 nitrogen and oxygen atoms in total. The molecule has 0 amide bonds. The van der Waals surface area contributed by atoms with Gasteiger partial charge in [-0.3, -0.25) is 9.36 Å². The number of benzene rings is 2. The van der Waals surface area contributed by atoms with Gasteiger partial charge in [-0.25, -0.2) is 13.4 Å². The van der Waals surface area contributed by atoms with Gasteiger partial charge in [0.2, 0.25) is 0 Å². The number of hydrogen-bond acceptors (Lipinski definition) is 5. The minimum absolute atomic E-state index is 0.0360. The van der Waals surface area contributed by atoms with Crippen molar-refractivity contribution < 1.29 is 8.42 Å². The lowest BCUT2D eigenvalue weighted by Gasteiger charge is -2.13. The largest absolute Gasteiger partial charge is 0.268 e. The second-order valence-corrected chi connectivity index (χ2v) is 9.19. The molecule has 1 aromatic heterocycles. The summed E-state index contributed by atoms with van der Waals surface area (Å²) >= 11 is 1.27. The highest BCUT2D eigenvalue weighted by atomic mass is 32.2. The van der Waals surface area contributed by atoms with Crippen LogP contribution in [0.5, 0.6) is 0 Å². The number of thioether (sulfide) groups is 1. The van der Waals surface area contributed by atoms with E-state index in [0.29, 0.717) is 21.8 Å². The van der Waals surface area contributed by atoms with Crippen molar-refractivity contribution in [2.24, 2.45) is 0 Å². The highest BCUT2D eigenvalue weighted by Gasteiger charge is 2.14. The predicted molar refractivity (Wildman–Crippen MR) is 103 cm³/mol. The summed E-state index contributed by atoms with van der Waals surface area (Å²) in [5, 5.41) is 1.03. The molecule has 0 radical (unpaired) electrons. The molecule has 0 bridgehead atoms. The number of nitrogens with zero attached hydrogens (tertiary/aromatic N) is 2. The number of fused-ring (bicyclic) bond motifs is 1. The number of sulfone groups is 1. The van der Waals surface area contributed by atoms with Crippen molar-refractivity contribution in [3.8, 4) is 5.69 Å². The third kappa shape index (κ3) is 4.11. The smallest absolute Gasteiger partial charge is 0.266 e. The third-order valence-electron chi connectivity index (χ3n) is 3.72. The fraction of sp³-hybridized carbons (Fsp3) is 0.222. The molecule has 1 heterocycles. The quantitative estimate of drug-likeness (QED) is 0.507. The number of aryl methyl sites for hydroxylation is 1. The SMILES string of the molecule is Cc1ccc(-n2c(SCCS(C)(=O)=O)nc3ccccc3c2=O)cc1. The minimum atomic E-state index is -3.07. The molecule has 0 atom stereocenters. The van der Waals surface area contributed by atoms with Gasteiger partial charge in [-0.05, 0) is 31.2 Å². The maximum Gasteiger partial charge on any atom is 0.266 e. The Bertz CT molecular complexity index is 1070. The molecule has 0 spiro atoms. The predicted octanol–water partition coefficient (Wildman–Crippen LogP) is 2.83. The van der Waals surface area contributed by atoms with Crippen LogP contribution in [0, 0.1) is 6.92 Å². The van der Waals surface area contributed by atoms with Crippen molar-refractivity contribution in [1.82, 2.24) is 9.55 Å². The first-order valence-corrected chi connectivity index (χ1v) is 10.8. The summed E-state index contributed by atoms with van der Waals surface area (Å²) < 4.78 is 24.3. The summed E-state index contributed by atoms with van der Waals surface area (Å²) in [6.07, 6.45) is 1.20. The van der Waals surface area contributed by atoms with E-state index in [-0.39, 0.29) is 11.3 Å². The van der Waals surface area contributed by atoms with E-state index in [9.17, 15) is 13.2 Å². The normalized spacial score (nSPS) is 11.8. The topological polar surface area (TPSA) is 69.0 Å². The van der Waals surface area contributed by atoms with Crippen LogP contribution in [0.4, 0.5) is 0 Å². The molecule has 0 saturated heterocycles. The second kappa shape index (κ2) is 7.01. The Kier molecular flexibility index (Phi) is 4.96. The maximum atomic E-state index is 13.0. The standard InChI is InChI=1S/C18H18N2O3S2/c1-13-7-9-14(10-8-13)20-17(21)15-5-3-4-6-16(15)19-18(20)24-11-12-25(2,22)23/h3-10H,11-12H2,1-2H3. The van der Waals surface area contributed by atoms with Gasteiger partial charge in [0.15, 0.2) is 5.16 Å². The van der Waals surface area contributed by atoms with Crippen molar-refractivity contribution in [2.75, 3.05) is 17.8 Å². The minimum Gasteiger partial charge on any atom is -0.268 e. The van der Waals surface area contributed by atoms with Crippen LogP contribution >= 0.6 is 11.8 Å². The molecule has 2 aromatic carbocycles. The Morgan fingerprint density at radius 1 is 1.08 bits per heavy atom. The van der Waals surface area contributed by atoms with E-state index in [1.807, 2.05) is 37.3 Å². The molecule has 0 N–H and O–H groups in total. The molecule has 0 aliphatic rings. The molecule has 3 rings (SSSR count). The summed E-state index contributed by atoms with van der Waals surface area (Å²) in [6, 6.07) is 14.8. The lowest BCUT2D eigenvalue weighted by Crippen LogP contribution is -2.22. The first-order valence-electron chi connectivity index (χ1n) is 7.74. The number of aromatic nitrogens is 2. The summed E-state index contributed by atoms with van der Waals surface area (Å²) in [7, 11) is -3.07. The first-order chi connectivity index (χ1) is 11.8. The van der Waals surface area contributed by atoms with Crippen LogP contribution in [0.15, 0.2) is 58.5 Å². The summed E-state index contributed by atoms with van der Waals surface area (Å²) in [6.45, 7) is 1.98. The van der Waals surface area contributed by atoms with Crippen LogP contribution in [0.25, 0.3) is 16.6 Å². The van der Waals surface area contributed by atoms with Crippen molar-refractivity contribution in [3.63, 3.8) is 0 Å².